The van der Waals surface area contributed by atoms with Crippen LogP contribution in [0.1, 0.15) is 56.8 Å². The number of carbonyl (C=O) groups excluding carboxylic acids is 3. The van der Waals surface area contributed by atoms with E-state index in [-0.39, 0.29) is 60.0 Å². The molecule has 4 bridgehead atoms. The zero-order valence-corrected chi connectivity index (χ0v) is 28.2. The Morgan fingerprint density at radius 3 is 2.43 bits per heavy atom. The summed E-state index contributed by atoms with van der Waals surface area (Å²) in [5, 5.41) is 3.31. The van der Waals surface area contributed by atoms with E-state index in [2.05, 4.69) is 5.32 Å². The Morgan fingerprint density at radius 2 is 1.76 bits per heavy atom. The molecule has 248 valence electrons. The highest BCUT2D eigenvalue weighted by atomic mass is 35.5. The normalized spacial score (nSPS) is 22.4. The number of carbonyl (C=O) groups is 3. The van der Waals surface area contributed by atoms with Crippen molar-refractivity contribution in [1.29, 1.82) is 0 Å². The van der Waals surface area contributed by atoms with Gasteiger partial charge in [-0.25, -0.2) is 13.2 Å². The first-order valence-corrected chi connectivity index (χ1v) is 17.2. The van der Waals surface area contributed by atoms with Crippen LogP contribution in [0.25, 0.3) is 0 Å². The predicted molar refractivity (Wildman–Crippen MR) is 175 cm³/mol. The van der Waals surface area contributed by atoms with Gasteiger partial charge in [0.05, 0.1) is 40.2 Å². The average molecular weight is 673 g/mol. The van der Waals surface area contributed by atoms with E-state index >= 15 is 0 Å². The molecule has 0 aromatic heterocycles. The summed E-state index contributed by atoms with van der Waals surface area (Å²) >= 11 is 6.49. The molecule has 0 radical (unpaired) electrons. The maximum absolute atomic E-state index is 14.2. The van der Waals surface area contributed by atoms with Gasteiger partial charge in [-0.1, -0.05) is 23.8 Å². The second-order valence-corrected chi connectivity index (χ2v) is 15.4. The molecule has 2 aromatic rings. The van der Waals surface area contributed by atoms with Crippen LogP contribution in [0.5, 0.6) is 5.75 Å². The molecule has 0 saturated carbocycles. The molecule has 13 heteroatoms. The van der Waals surface area contributed by atoms with Crippen LogP contribution in [0.3, 0.4) is 0 Å². The lowest BCUT2D eigenvalue weighted by Gasteiger charge is -2.48. The number of benzene rings is 2. The van der Waals surface area contributed by atoms with Crippen LogP contribution in [0, 0.1) is 5.41 Å². The van der Waals surface area contributed by atoms with Gasteiger partial charge in [-0.05, 0) is 88.9 Å². The number of ether oxygens (including phenoxy) is 2. The summed E-state index contributed by atoms with van der Waals surface area (Å²) in [7, 11) is -2.65. The smallest absolute Gasteiger partial charge is 0.410 e. The minimum absolute atomic E-state index is 0.0528. The Kier molecular flexibility index (Phi) is 9.60. The molecule has 2 fully saturated rings. The molecular formula is C33H41ClN4O7S. The Balaban J connectivity index is 1.54. The lowest BCUT2D eigenvalue weighted by Crippen LogP contribution is -2.66. The van der Waals surface area contributed by atoms with Crippen molar-refractivity contribution in [3.05, 3.63) is 65.2 Å². The number of hydrogen-bond acceptors (Lipinski definition) is 7. The maximum atomic E-state index is 14.2. The lowest BCUT2D eigenvalue weighted by molar-refractivity contribution is -0.141. The fourth-order valence-corrected chi connectivity index (χ4v) is 7.63. The molecule has 2 aromatic carbocycles. The third-order valence-corrected chi connectivity index (χ3v) is 10.6. The first-order chi connectivity index (χ1) is 21.7. The number of hydrogen-bond donors (Lipinski definition) is 1. The highest BCUT2D eigenvalue weighted by Gasteiger charge is 2.51. The molecule has 3 heterocycles. The zero-order chi connectivity index (χ0) is 33.3. The minimum atomic E-state index is -4.17. The van der Waals surface area contributed by atoms with E-state index < -0.39 is 33.0 Å². The molecule has 2 saturated heterocycles. The molecule has 0 aliphatic carbocycles. The van der Waals surface area contributed by atoms with Crippen LogP contribution >= 0.6 is 11.6 Å². The molecule has 3 aliphatic rings. The number of rotatable bonds is 2. The Bertz CT molecular complexity index is 1620. The van der Waals surface area contributed by atoms with Gasteiger partial charge in [0.25, 0.3) is 15.9 Å². The number of anilines is 1. The molecular weight excluding hydrogens is 632 g/mol. The largest absolute Gasteiger partial charge is 0.497 e. The molecule has 5 rings (SSSR count). The Hall–Kier alpha value is -3.77. The molecule has 1 unspecified atom stereocenters. The molecule has 1 atom stereocenters. The first kappa shape index (κ1) is 33.6. The van der Waals surface area contributed by atoms with Gasteiger partial charge >= 0.3 is 6.09 Å². The number of amides is 3. The van der Waals surface area contributed by atoms with Gasteiger partial charge in [-0.3, -0.25) is 13.9 Å². The van der Waals surface area contributed by atoms with Crippen LogP contribution < -0.4 is 14.4 Å². The number of fused-ring (bicyclic) bond motifs is 4. The Labute approximate surface area is 275 Å². The van der Waals surface area contributed by atoms with Crippen LogP contribution in [0.2, 0.25) is 5.02 Å². The quantitative estimate of drug-likeness (QED) is 0.452. The standard InChI is InChI=1S/C33H41ClN4O7S/c1-32(2,3)45-31(41)37-21-33(22-37)16-6-8-18-38(24-10-12-25(44-4)13-11-24)46(42,43)26-14-15-28(34)27(19-26)29(39)36-17-7-5-9-23(20-36)35-30(33)40/h6,8,10-15,19,23H,5,7,9,16-18,20-22H2,1-4H3,(H,35,40)/b8-6+. The third-order valence-electron chi connectivity index (χ3n) is 8.48. The molecule has 11 nitrogen and oxygen atoms in total. The van der Waals surface area contributed by atoms with E-state index in [9.17, 15) is 22.8 Å². The van der Waals surface area contributed by atoms with Crippen molar-refractivity contribution in [2.24, 2.45) is 5.41 Å². The number of allylic oxidation sites excluding steroid dienone is 1. The number of nitrogens with one attached hydrogen (secondary N) is 1. The van der Waals surface area contributed by atoms with Gasteiger partial charge in [0.2, 0.25) is 5.91 Å². The zero-order valence-electron chi connectivity index (χ0n) is 26.6. The molecule has 46 heavy (non-hydrogen) atoms. The van der Waals surface area contributed by atoms with Gasteiger partial charge in [-0.15, -0.1) is 0 Å². The predicted octanol–water partition coefficient (Wildman–Crippen LogP) is 4.85. The third kappa shape index (κ3) is 7.12. The molecule has 1 spiro atoms. The Morgan fingerprint density at radius 1 is 1.04 bits per heavy atom. The van der Waals surface area contributed by atoms with Crippen LogP contribution in [-0.4, -0.2) is 87.6 Å². The van der Waals surface area contributed by atoms with E-state index in [0.29, 0.717) is 24.4 Å². The topological polar surface area (TPSA) is 126 Å². The van der Waals surface area contributed by atoms with Crippen LogP contribution in [0.15, 0.2) is 59.5 Å². The van der Waals surface area contributed by atoms with E-state index in [1.54, 1.807) is 62.1 Å². The average Bonchev–Trinajstić information content (AvgIpc) is 3.22. The van der Waals surface area contributed by atoms with E-state index in [1.165, 1.54) is 34.5 Å². The summed E-state index contributed by atoms with van der Waals surface area (Å²) in [6, 6.07) is 10.5. The van der Waals surface area contributed by atoms with Crippen LogP contribution in [0.4, 0.5) is 10.5 Å². The number of nitrogens with zero attached hydrogens (tertiary/aromatic N) is 3. The second kappa shape index (κ2) is 13.2. The van der Waals surface area contributed by atoms with E-state index in [1.807, 2.05) is 0 Å². The first-order valence-electron chi connectivity index (χ1n) is 15.4. The van der Waals surface area contributed by atoms with Crippen molar-refractivity contribution in [2.45, 2.75) is 63.0 Å². The fraction of sp³-hybridized carbons (Fsp3) is 0.485. The highest BCUT2D eigenvalue weighted by Crippen LogP contribution is 2.37. The summed E-state index contributed by atoms with van der Waals surface area (Å²) in [5.41, 5.74) is -1.16. The number of likely N-dealkylation sites (tertiary alicyclic amines) is 1. The van der Waals surface area contributed by atoms with Crippen molar-refractivity contribution in [1.82, 2.24) is 15.1 Å². The summed E-state index contributed by atoms with van der Waals surface area (Å²) in [6.07, 6.45) is 5.46. The van der Waals surface area contributed by atoms with Crippen molar-refractivity contribution < 1.29 is 32.3 Å². The van der Waals surface area contributed by atoms with Crippen molar-refractivity contribution in [3.63, 3.8) is 0 Å². The minimum Gasteiger partial charge on any atom is -0.497 e. The number of sulfonamides is 1. The van der Waals surface area contributed by atoms with Crippen LogP contribution in [-0.2, 0) is 19.6 Å². The number of halogens is 1. The monoisotopic (exact) mass is 672 g/mol. The maximum Gasteiger partial charge on any atom is 0.410 e. The molecule has 3 amide bonds. The van der Waals surface area contributed by atoms with Gasteiger partial charge in [-0.2, -0.15) is 0 Å². The summed E-state index contributed by atoms with van der Waals surface area (Å²) in [4.78, 5) is 43.7. The van der Waals surface area contributed by atoms with Crippen molar-refractivity contribution in [2.75, 3.05) is 44.1 Å². The van der Waals surface area contributed by atoms with Gasteiger partial charge in [0.1, 0.15) is 11.4 Å². The van der Waals surface area contributed by atoms with Crippen molar-refractivity contribution in [3.8, 4) is 5.75 Å². The van der Waals surface area contributed by atoms with Gasteiger partial charge in [0.15, 0.2) is 0 Å². The van der Waals surface area contributed by atoms with E-state index in [0.717, 1.165) is 12.8 Å². The molecule has 3 aliphatic heterocycles. The fourth-order valence-electron chi connectivity index (χ4n) is 5.98. The second-order valence-electron chi connectivity index (χ2n) is 13.1. The summed E-state index contributed by atoms with van der Waals surface area (Å²) in [6.45, 7) is 6.28. The number of methoxy groups -OCH3 is 1. The summed E-state index contributed by atoms with van der Waals surface area (Å²) in [5.74, 6) is -0.0580. The lowest BCUT2D eigenvalue weighted by atomic mass is 9.75. The van der Waals surface area contributed by atoms with Gasteiger partial charge in [0, 0.05) is 32.2 Å². The summed E-state index contributed by atoms with van der Waals surface area (Å²) < 4.78 is 40.4. The molecule has 1 N–H and O–H groups in total. The van der Waals surface area contributed by atoms with Crippen molar-refractivity contribution >= 4 is 45.2 Å². The SMILES string of the molecule is COc1ccc(N2C/C=C/CC3(CN(C(=O)OC(C)(C)C)C3)C(=O)NC3CCCCN(C3)C(=O)c3cc(ccc3Cl)S2(=O)=O)cc1. The van der Waals surface area contributed by atoms with Gasteiger partial charge < -0.3 is 24.6 Å². The highest BCUT2D eigenvalue weighted by molar-refractivity contribution is 7.92. The van der Waals surface area contributed by atoms with E-state index in [4.69, 9.17) is 21.1 Å².